The number of thiophene rings is 1. The van der Waals surface area contributed by atoms with Gasteiger partial charge in [0, 0.05) is 16.0 Å². The molecule has 0 unspecified atom stereocenters. The molecular weight excluding hydrogens is 220 g/mol. The zero-order valence-electron chi connectivity index (χ0n) is 8.75. The molecule has 2 rings (SSSR count). The van der Waals surface area contributed by atoms with E-state index in [2.05, 4.69) is 23.2 Å². The van der Waals surface area contributed by atoms with E-state index in [1.807, 2.05) is 12.3 Å². The predicted molar refractivity (Wildman–Crippen MR) is 68.2 cm³/mol. The van der Waals surface area contributed by atoms with Gasteiger partial charge in [0.25, 0.3) is 0 Å². The number of hydrogen-bond donors (Lipinski definition) is 0. The van der Waals surface area contributed by atoms with E-state index in [9.17, 15) is 4.91 Å². The van der Waals surface area contributed by atoms with Gasteiger partial charge < -0.3 is 0 Å². The minimum Gasteiger partial charge on any atom is -0.255 e. The third kappa shape index (κ3) is 2.61. The second kappa shape index (κ2) is 4.81. The van der Waals surface area contributed by atoms with E-state index >= 15 is 0 Å². The molecule has 0 fully saturated rings. The van der Waals surface area contributed by atoms with Gasteiger partial charge in [0.1, 0.15) is 5.69 Å². The van der Waals surface area contributed by atoms with Crippen molar-refractivity contribution >= 4 is 28.9 Å². The number of nitroso groups, excluding NO2 is 1. The van der Waals surface area contributed by atoms with Gasteiger partial charge in [-0.15, -0.1) is 16.2 Å². The normalized spacial score (nSPS) is 10.8. The molecule has 16 heavy (non-hydrogen) atoms. The molecule has 0 aliphatic heterocycles. The first-order valence-corrected chi connectivity index (χ1v) is 5.63. The summed E-state index contributed by atoms with van der Waals surface area (Å²) in [5.41, 5.74) is 1.24. The standard InChI is InChI=1S/C12H10N2OS/c1-9-2-7-12(16-9)8-13-10-3-5-11(14-15)6-4-10/h2-8H,1H3/b13-8+. The Morgan fingerprint density at radius 3 is 2.31 bits per heavy atom. The quantitative estimate of drug-likeness (QED) is 0.575. The zero-order chi connectivity index (χ0) is 11.4. The Morgan fingerprint density at radius 2 is 1.75 bits per heavy atom. The van der Waals surface area contributed by atoms with Crippen molar-refractivity contribution in [2.24, 2.45) is 10.2 Å². The van der Waals surface area contributed by atoms with Crippen LogP contribution in [-0.2, 0) is 0 Å². The van der Waals surface area contributed by atoms with Crippen molar-refractivity contribution in [3.05, 3.63) is 51.1 Å². The molecule has 0 saturated heterocycles. The number of aryl methyl sites for hydroxylation is 1. The molecule has 3 nitrogen and oxygen atoms in total. The highest BCUT2D eigenvalue weighted by Crippen LogP contribution is 2.19. The smallest absolute Gasteiger partial charge is 0.108 e. The van der Waals surface area contributed by atoms with Crippen LogP contribution in [-0.4, -0.2) is 6.21 Å². The van der Waals surface area contributed by atoms with Gasteiger partial charge in [-0.3, -0.25) is 4.99 Å². The van der Waals surface area contributed by atoms with Crippen LogP contribution in [0.25, 0.3) is 0 Å². The third-order valence-corrected chi connectivity index (χ3v) is 2.99. The summed E-state index contributed by atoms with van der Waals surface area (Å²) < 4.78 is 0. The molecule has 1 heterocycles. The van der Waals surface area contributed by atoms with Crippen molar-refractivity contribution in [2.75, 3.05) is 0 Å². The first-order valence-electron chi connectivity index (χ1n) is 4.82. The van der Waals surface area contributed by atoms with E-state index in [-0.39, 0.29) is 0 Å². The van der Waals surface area contributed by atoms with Crippen LogP contribution in [0.5, 0.6) is 0 Å². The number of hydrogen-bond acceptors (Lipinski definition) is 4. The van der Waals surface area contributed by atoms with Crippen LogP contribution in [0.3, 0.4) is 0 Å². The number of nitrogens with zero attached hydrogens (tertiary/aromatic N) is 2. The van der Waals surface area contributed by atoms with Crippen molar-refractivity contribution in [3.8, 4) is 0 Å². The van der Waals surface area contributed by atoms with E-state index in [4.69, 9.17) is 0 Å². The van der Waals surface area contributed by atoms with Crippen LogP contribution < -0.4 is 0 Å². The van der Waals surface area contributed by atoms with E-state index in [0.29, 0.717) is 5.69 Å². The average Bonchev–Trinajstić information content (AvgIpc) is 2.73. The summed E-state index contributed by atoms with van der Waals surface area (Å²) in [5.74, 6) is 0. The number of rotatable bonds is 3. The molecule has 0 radical (unpaired) electrons. The molecule has 0 N–H and O–H groups in total. The third-order valence-electron chi connectivity index (χ3n) is 2.06. The molecular formula is C12H10N2OS. The summed E-state index contributed by atoms with van der Waals surface area (Å²) in [6.07, 6.45) is 1.82. The zero-order valence-corrected chi connectivity index (χ0v) is 9.57. The molecule has 0 spiro atoms. The molecule has 80 valence electrons. The van der Waals surface area contributed by atoms with E-state index < -0.39 is 0 Å². The van der Waals surface area contributed by atoms with Crippen molar-refractivity contribution in [2.45, 2.75) is 6.92 Å². The van der Waals surface area contributed by atoms with Gasteiger partial charge in [-0.2, -0.15) is 0 Å². The van der Waals surface area contributed by atoms with Crippen molar-refractivity contribution in [1.29, 1.82) is 0 Å². The first-order chi connectivity index (χ1) is 7.78. The molecule has 0 aliphatic rings. The summed E-state index contributed by atoms with van der Waals surface area (Å²) >= 11 is 1.70. The summed E-state index contributed by atoms with van der Waals surface area (Å²) in [7, 11) is 0. The molecule has 0 atom stereocenters. The molecule has 0 amide bonds. The maximum atomic E-state index is 10.2. The van der Waals surface area contributed by atoms with Gasteiger partial charge in [0.05, 0.1) is 5.69 Å². The van der Waals surface area contributed by atoms with Crippen LogP contribution in [0.4, 0.5) is 11.4 Å². The molecule has 0 aliphatic carbocycles. The van der Waals surface area contributed by atoms with Crippen molar-refractivity contribution in [3.63, 3.8) is 0 Å². The van der Waals surface area contributed by atoms with E-state index in [0.717, 1.165) is 10.6 Å². The first kappa shape index (κ1) is 10.7. The Balaban J connectivity index is 2.14. The van der Waals surface area contributed by atoms with Gasteiger partial charge in [0.2, 0.25) is 0 Å². The van der Waals surface area contributed by atoms with E-state index in [1.54, 1.807) is 35.6 Å². The molecule has 1 aromatic carbocycles. The van der Waals surface area contributed by atoms with Crippen LogP contribution in [0.2, 0.25) is 0 Å². The minimum absolute atomic E-state index is 0.422. The molecule has 0 saturated carbocycles. The monoisotopic (exact) mass is 230 g/mol. The van der Waals surface area contributed by atoms with Crippen molar-refractivity contribution in [1.82, 2.24) is 0 Å². The highest BCUT2D eigenvalue weighted by molar-refractivity contribution is 7.13. The van der Waals surface area contributed by atoms with Gasteiger partial charge >= 0.3 is 0 Å². The maximum Gasteiger partial charge on any atom is 0.108 e. The topological polar surface area (TPSA) is 41.8 Å². The lowest BCUT2D eigenvalue weighted by Crippen LogP contribution is -1.71. The minimum atomic E-state index is 0.422. The van der Waals surface area contributed by atoms with Crippen LogP contribution in [0.15, 0.2) is 46.6 Å². The molecule has 2 aromatic rings. The lowest BCUT2D eigenvalue weighted by molar-refractivity contribution is 1.47. The van der Waals surface area contributed by atoms with Gasteiger partial charge in [0.15, 0.2) is 0 Å². The van der Waals surface area contributed by atoms with Gasteiger partial charge in [-0.25, -0.2) is 0 Å². The predicted octanol–water partition coefficient (Wildman–Crippen LogP) is 4.21. The Labute approximate surface area is 97.4 Å². The fraction of sp³-hybridized carbons (Fsp3) is 0.0833. The van der Waals surface area contributed by atoms with Crippen molar-refractivity contribution < 1.29 is 0 Å². The Morgan fingerprint density at radius 1 is 1.06 bits per heavy atom. The molecule has 4 heteroatoms. The Bertz CT molecular complexity index is 514. The van der Waals surface area contributed by atoms with Crippen LogP contribution in [0.1, 0.15) is 9.75 Å². The Kier molecular flexibility index (Phi) is 3.22. The lowest BCUT2D eigenvalue weighted by Gasteiger charge is -1.92. The molecule has 0 bridgehead atoms. The second-order valence-electron chi connectivity index (χ2n) is 3.31. The summed E-state index contributed by atoms with van der Waals surface area (Å²) in [6, 6.07) is 10.9. The van der Waals surface area contributed by atoms with Crippen LogP contribution in [0, 0.1) is 11.8 Å². The van der Waals surface area contributed by atoms with Crippen LogP contribution >= 0.6 is 11.3 Å². The largest absolute Gasteiger partial charge is 0.255 e. The van der Waals surface area contributed by atoms with Gasteiger partial charge in [-0.1, -0.05) is 0 Å². The summed E-state index contributed by atoms with van der Waals surface area (Å²) in [6.45, 7) is 2.06. The Hall–Kier alpha value is -1.81. The maximum absolute atomic E-state index is 10.2. The number of benzene rings is 1. The fourth-order valence-electron chi connectivity index (χ4n) is 1.26. The lowest BCUT2D eigenvalue weighted by atomic mass is 10.3. The van der Waals surface area contributed by atoms with Gasteiger partial charge in [-0.05, 0) is 48.5 Å². The second-order valence-corrected chi connectivity index (χ2v) is 4.63. The molecule has 1 aromatic heterocycles. The fourth-order valence-corrected chi connectivity index (χ4v) is 2.01. The average molecular weight is 230 g/mol. The highest BCUT2D eigenvalue weighted by atomic mass is 32.1. The number of aliphatic imine (C=N–C) groups is 1. The summed E-state index contributed by atoms with van der Waals surface area (Å²) in [5, 5.41) is 2.83. The SMILES string of the molecule is Cc1ccc(/C=N/c2ccc(N=O)cc2)s1. The summed E-state index contributed by atoms with van der Waals surface area (Å²) in [4.78, 5) is 16.9. The highest BCUT2D eigenvalue weighted by Gasteiger charge is 1.93. The van der Waals surface area contributed by atoms with E-state index in [1.165, 1.54) is 4.88 Å².